The first kappa shape index (κ1) is 17.2. The van der Waals surface area contributed by atoms with Crippen molar-refractivity contribution in [3.05, 3.63) is 0 Å². The van der Waals surface area contributed by atoms with Gasteiger partial charge in [-0.3, -0.25) is 4.90 Å². The smallest absolute Gasteiger partial charge is 0.0502 e. The summed E-state index contributed by atoms with van der Waals surface area (Å²) in [7, 11) is 1.84. The zero-order valence-electron chi connectivity index (χ0n) is 14.6. The lowest BCUT2D eigenvalue weighted by Gasteiger charge is -2.48. The van der Waals surface area contributed by atoms with E-state index in [1.165, 1.54) is 45.2 Å². The first-order valence-corrected chi connectivity index (χ1v) is 9.12. The zero-order chi connectivity index (χ0) is 15.2. The highest BCUT2D eigenvalue weighted by Gasteiger charge is 2.38. The van der Waals surface area contributed by atoms with E-state index < -0.39 is 0 Å². The summed E-state index contributed by atoms with van der Waals surface area (Å²) in [6.45, 7) is 11.8. The highest BCUT2D eigenvalue weighted by Crippen LogP contribution is 2.34. The minimum absolute atomic E-state index is 0.685. The van der Waals surface area contributed by atoms with Gasteiger partial charge in [-0.25, -0.2) is 0 Å². The molecule has 3 nitrogen and oxygen atoms in total. The molecule has 1 N–H and O–H groups in total. The summed E-state index contributed by atoms with van der Waals surface area (Å²) in [6.07, 6.45) is 6.65. The molecular weight excluding hydrogens is 260 g/mol. The van der Waals surface area contributed by atoms with Crippen LogP contribution in [0.3, 0.4) is 0 Å². The molecule has 0 aromatic carbocycles. The number of likely N-dealkylation sites (tertiary alicyclic amines) is 1. The number of nitrogens with zero attached hydrogens (tertiary/aromatic N) is 1. The molecule has 21 heavy (non-hydrogen) atoms. The Bertz CT molecular complexity index is 295. The molecule has 0 bridgehead atoms. The van der Waals surface area contributed by atoms with Crippen LogP contribution in [0.4, 0.5) is 0 Å². The molecule has 0 amide bonds. The van der Waals surface area contributed by atoms with Gasteiger partial charge in [0, 0.05) is 25.7 Å². The van der Waals surface area contributed by atoms with E-state index in [2.05, 4.69) is 31.0 Å². The van der Waals surface area contributed by atoms with E-state index in [4.69, 9.17) is 4.74 Å². The molecule has 1 heterocycles. The van der Waals surface area contributed by atoms with Crippen LogP contribution < -0.4 is 5.32 Å². The highest BCUT2D eigenvalue weighted by molar-refractivity contribution is 4.95. The Morgan fingerprint density at radius 1 is 1.24 bits per heavy atom. The van der Waals surface area contributed by atoms with Crippen LogP contribution in [0, 0.1) is 17.8 Å². The van der Waals surface area contributed by atoms with Crippen LogP contribution in [0.5, 0.6) is 0 Å². The Morgan fingerprint density at radius 2 is 2.05 bits per heavy atom. The maximum absolute atomic E-state index is 5.41. The van der Waals surface area contributed by atoms with Gasteiger partial charge in [0.15, 0.2) is 0 Å². The van der Waals surface area contributed by atoms with E-state index >= 15 is 0 Å². The van der Waals surface area contributed by atoms with Gasteiger partial charge in [0.1, 0.15) is 0 Å². The minimum Gasteiger partial charge on any atom is -0.384 e. The van der Waals surface area contributed by atoms with Crippen molar-refractivity contribution in [1.29, 1.82) is 0 Å². The molecule has 0 radical (unpaired) electrons. The fourth-order valence-electron chi connectivity index (χ4n) is 4.73. The maximum atomic E-state index is 5.41. The second-order valence-electron chi connectivity index (χ2n) is 7.56. The summed E-state index contributed by atoms with van der Waals surface area (Å²) in [4.78, 5) is 2.79. The molecule has 2 rings (SSSR count). The van der Waals surface area contributed by atoms with Crippen LogP contribution in [0.15, 0.2) is 0 Å². The maximum Gasteiger partial charge on any atom is 0.0502 e. The zero-order valence-corrected chi connectivity index (χ0v) is 14.6. The summed E-state index contributed by atoms with van der Waals surface area (Å²) < 4.78 is 5.41. The molecule has 1 saturated carbocycles. The van der Waals surface area contributed by atoms with Crippen molar-refractivity contribution in [3.63, 3.8) is 0 Å². The quantitative estimate of drug-likeness (QED) is 0.815. The van der Waals surface area contributed by atoms with Crippen molar-refractivity contribution >= 4 is 0 Å². The molecule has 0 aromatic heterocycles. The van der Waals surface area contributed by atoms with E-state index in [1.807, 2.05) is 7.11 Å². The Balaban J connectivity index is 2.01. The average Bonchev–Trinajstić information content (AvgIpc) is 2.45. The number of piperidine rings is 1. The molecule has 1 aliphatic carbocycles. The Kier molecular flexibility index (Phi) is 6.97. The highest BCUT2D eigenvalue weighted by atomic mass is 16.5. The van der Waals surface area contributed by atoms with Gasteiger partial charge < -0.3 is 10.1 Å². The summed E-state index contributed by atoms with van der Waals surface area (Å²) >= 11 is 0. The van der Waals surface area contributed by atoms with Gasteiger partial charge in [-0.1, -0.05) is 20.8 Å². The Hall–Kier alpha value is -0.120. The van der Waals surface area contributed by atoms with Crippen molar-refractivity contribution in [2.45, 2.75) is 65.0 Å². The molecule has 124 valence electrons. The topological polar surface area (TPSA) is 24.5 Å². The molecule has 5 atom stereocenters. The second-order valence-corrected chi connectivity index (χ2v) is 7.56. The van der Waals surface area contributed by atoms with Gasteiger partial charge in [-0.05, 0) is 62.9 Å². The van der Waals surface area contributed by atoms with E-state index in [0.717, 1.165) is 36.9 Å². The molecule has 3 heteroatoms. The van der Waals surface area contributed by atoms with E-state index in [-0.39, 0.29) is 0 Å². The number of methoxy groups -OCH3 is 1. The van der Waals surface area contributed by atoms with Crippen molar-refractivity contribution in [2.75, 3.05) is 33.4 Å². The monoisotopic (exact) mass is 296 g/mol. The summed E-state index contributed by atoms with van der Waals surface area (Å²) in [5.74, 6) is 2.41. The van der Waals surface area contributed by atoms with Crippen LogP contribution >= 0.6 is 0 Å². The minimum atomic E-state index is 0.685. The third-order valence-electron chi connectivity index (χ3n) is 5.46. The molecule has 0 aromatic rings. The first-order valence-electron chi connectivity index (χ1n) is 9.12. The second kappa shape index (κ2) is 8.50. The lowest BCUT2D eigenvalue weighted by molar-refractivity contribution is 0.0136. The number of hydrogen-bond donors (Lipinski definition) is 1. The molecule has 5 unspecified atom stereocenters. The summed E-state index contributed by atoms with van der Waals surface area (Å²) in [5, 5.41) is 3.85. The van der Waals surface area contributed by atoms with Gasteiger partial charge in [-0.15, -0.1) is 0 Å². The molecule has 2 aliphatic rings. The molecular formula is C18H36N2O. The molecule has 0 spiro atoms. The lowest BCUT2D eigenvalue weighted by Crippen LogP contribution is -2.58. The average molecular weight is 296 g/mol. The predicted octanol–water partition coefficient (Wildman–Crippen LogP) is 3.15. The number of ether oxygens (including phenoxy) is 1. The largest absolute Gasteiger partial charge is 0.384 e. The van der Waals surface area contributed by atoms with Crippen LogP contribution in [0.2, 0.25) is 0 Å². The summed E-state index contributed by atoms with van der Waals surface area (Å²) in [6, 6.07) is 1.41. The number of hydrogen-bond acceptors (Lipinski definition) is 3. The van der Waals surface area contributed by atoms with E-state index in [1.54, 1.807) is 0 Å². The number of nitrogens with one attached hydrogen (secondary N) is 1. The van der Waals surface area contributed by atoms with Crippen molar-refractivity contribution < 1.29 is 4.74 Å². The third-order valence-corrected chi connectivity index (χ3v) is 5.46. The van der Waals surface area contributed by atoms with Gasteiger partial charge >= 0.3 is 0 Å². The van der Waals surface area contributed by atoms with Gasteiger partial charge in [0.2, 0.25) is 0 Å². The van der Waals surface area contributed by atoms with Crippen molar-refractivity contribution in [2.24, 2.45) is 17.8 Å². The van der Waals surface area contributed by atoms with Crippen LogP contribution in [0.1, 0.15) is 52.9 Å². The van der Waals surface area contributed by atoms with Crippen molar-refractivity contribution in [3.8, 4) is 0 Å². The molecule has 1 aliphatic heterocycles. The Morgan fingerprint density at radius 3 is 2.76 bits per heavy atom. The van der Waals surface area contributed by atoms with Crippen molar-refractivity contribution in [1.82, 2.24) is 10.2 Å². The lowest BCUT2D eigenvalue weighted by atomic mass is 9.75. The third kappa shape index (κ3) is 4.67. The van der Waals surface area contributed by atoms with Crippen LogP contribution in [-0.4, -0.2) is 50.3 Å². The van der Waals surface area contributed by atoms with Crippen LogP contribution in [0.25, 0.3) is 0 Å². The predicted molar refractivity (Wildman–Crippen MR) is 89.6 cm³/mol. The fraction of sp³-hybridized carbons (Fsp3) is 1.00. The first-order chi connectivity index (χ1) is 10.2. The van der Waals surface area contributed by atoms with Gasteiger partial charge in [0.25, 0.3) is 0 Å². The van der Waals surface area contributed by atoms with E-state index in [0.29, 0.717) is 6.04 Å². The number of rotatable bonds is 6. The van der Waals surface area contributed by atoms with Crippen LogP contribution in [-0.2, 0) is 4.74 Å². The summed E-state index contributed by atoms with van der Waals surface area (Å²) in [5.41, 5.74) is 0. The van der Waals surface area contributed by atoms with Gasteiger partial charge in [-0.2, -0.15) is 0 Å². The fourth-order valence-corrected chi connectivity index (χ4v) is 4.73. The SMILES string of the molecule is CCCNC1CC(C)CC(C)C1N1CCCC(COC)C1. The standard InChI is InChI=1S/C18H36N2O/c1-5-8-19-17-11-14(2)10-15(3)18(17)20-9-6-7-16(12-20)13-21-4/h14-19H,5-13H2,1-4H3. The Labute approximate surface area is 131 Å². The van der Waals surface area contributed by atoms with Gasteiger partial charge in [0.05, 0.1) is 6.61 Å². The molecule has 1 saturated heterocycles. The van der Waals surface area contributed by atoms with E-state index in [9.17, 15) is 0 Å². The molecule has 2 fully saturated rings. The normalized spacial score (nSPS) is 38.6.